The van der Waals surface area contributed by atoms with Gasteiger partial charge < -0.3 is 10.6 Å². The van der Waals surface area contributed by atoms with Gasteiger partial charge in [-0.2, -0.15) is 5.21 Å². The van der Waals surface area contributed by atoms with Crippen molar-refractivity contribution in [3.63, 3.8) is 0 Å². The predicted octanol–water partition coefficient (Wildman–Crippen LogP) is -0.233. The SMILES string of the molecule is CC(NC(=O)CC1CCNCC1)c1nn[nH]n1. The fourth-order valence-electron chi connectivity index (χ4n) is 2.07. The molecule has 7 nitrogen and oxygen atoms in total. The van der Waals surface area contributed by atoms with Crippen LogP contribution in [-0.2, 0) is 4.79 Å². The van der Waals surface area contributed by atoms with E-state index in [9.17, 15) is 4.79 Å². The first-order valence-electron chi connectivity index (χ1n) is 5.99. The Labute approximate surface area is 99.7 Å². The van der Waals surface area contributed by atoms with E-state index < -0.39 is 0 Å². The highest BCUT2D eigenvalue weighted by atomic mass is 16.1. The molecule has 3 N–H and O–H groups in total. The Bertz CT molecular complexity index is 346. The summed E-state index contributed by atoms with van der Waals surface area (Å²) in [5.41, 5.74) is 0. The van der Waals surface area contributed by atoms with Crippen LogP contribution in [0.15, 0.2) is 0 Å². The average molecular weight is 238 g/mol. The van der Waals surface area contributed by atoms with Crippen molar-refractivity contribution in [3.8, 4) is 0 Å². The molecule has 7 heteroatoms. The second kappa shape index (κ2) is 5.72. The number of aromatic amines is 1. The van der Waals surface area contributed by atoms with Crippen LogP contribution in [-0.4, -0.2) is 39.6 Å². The molecule has 0 bridgehead atoms. The van der Waals surface area contributed by atoms with Gasteiger partial charge in [0.05, 0.1) is 6.04 Å². The molecule has 1 aliphatic heterocycles. The smallest absolute Gasteiger partial charge is 0.220 e. The Kier molecular flexibility index (Phi) is 4.03. The first kappa shape index (κ1) is 12.0. The molecule has 0 radical (unpaired) electrons. The summed E-state index contributed by atoms with van der Waals surface area (Å²) in [4.78, 5) is 11.8. The molecule has 1 amide bonds. The van der Waals surface area contributed by atoms with Crippen molar-refractivity contribution in [1.29, 1.82) is 0 Å². The van der Waals surface area contributed by atoms with Crippen molar-refractivity contribution < 1.29 is 4.79 Å². The van der Waals surface area contributed by atoms with E-state index in [2.05, 4.69) is 31.3 Å². The molecule has 1 aliphatic rings. The number of hydrogen-bond donors (Lipinski definition) is 3. The van der Waals surface area contributed by atoms with Crippen LogP contribution in [0.25, 0.3) is 0 Å². The van der Waals surface area contributed by atoms with Gasteiger partial charge in [0, 0.05) is 6.42 Å². The van der Waals surface area contributed by atoms with Gasteiger partial charge in [0.2, 0.25) is 5.91 Å². The second-order valence-electron chi connectivity index (χ2n) is 4.46. The van der Waals surface area contributed by atoms with E-state index in [1.807, 2.05) is 6.92 Å². The fraction of sp³-hybridized carbons (Fsp3) is 0.800. The highest BCUT2D eigenvalue weighted by Crippen LogP contribution is 2.16. The number of piperidine rings is 1. The van der Waals surface area contributed by atoms with E-state index in [0.29, 0.717) is 18.2 Å². The van der Waals surface area contributed by atoms with Crippen LogP contribution in [0.2, 0.25) is 0 Å². The van der Waals surface area contributed by atoms with E-state index in [0.717, 1.165) is 25.9 Å². The zero-order chi connectivity index (χ0) is 12.1. The Morgan fingerprint density at radius 1 is 1.53 bits per heavy atom. The summed E-state index contributed by atoms with van der Waals surface area (Å²) in [6.45, 7) is 3.88. The lowest BCUT2D eigenvalue weighted by atomic mass is 9.94. The van der Waals surface area contributed by atoms with Crippen LogP contribution in [0.4, 0.5) is 0 Å². The Morgan fingerprint density at radius 2 is 2.29 bits per heavy atom. The molecule has 94 valence electrons. The van der Waals surface area contributed by atoms with Crippen molar-refractivity contribution in [2.45, 2.75) is 32.2 Å². The normalized spacial score (nSPS) is 18.9. The third-order valence-corrected chi connectivity index (χ3v) is 3.06. The minimum Gasteiger partial charge on any atom is -0.346 e. The van der Waals surface area contributed by atoms with Gasteiger partial charge >= 0.3 is 0 Å². The number of nitrogens with zero attached hydrogens (tertiary/aromatic N) is 3. The number of carbonyl (C=O) groups excluding carboxylic acids is 1. The molecule has 2 heterocycles. The molecule has 2 rings (SSSR count). The Hall–Kier alpha value is -1.50. The zero-order valence-corrected chi connectivity index (χ0v) is 9.94. The van der Waals surface area contributed by atoms with Gasteiger partial charge in [-0.15, -0.1) is 10.2 Å². The van der Waals surface area contributed by atoms with Crippen LogP contribution >= 0.6 is 0 Å². The van der Waals surface area contributed by atoms with Crippen molar-refractivity contribution in [1.82, 2.24) is 31.3 Å². The number of H-pyrrole nitrogens is 1. The van der Waals surface area contributed by atoms with Gasteiger partial charge in [0.25, 0.3) is 0 Å². The van der Waals surface area contributed by atoms with Gasteiger partial charge in [-0.25, -0.2) is 0 Å². The fourth-order valence-corrected chi connectivity index (χ4v) is 2.07. The molecule has 17 heavy (non-hydrogen) atoms. The summed E-state index contributed by atoms with van der Waals surface area (Å²) in [5, 5.41) is 19.7. The maximum absolute atomic E-state index is 11.8. The lowest BCUT2D eigenvalue weighted by Gasteiger charge is -2.22. The average Bonchev–Trinajstić information content (AvgIpc) is 2.83. The maximum atomic E-state index is 11.8. The van der Waals surface area contributed by atoms with E-state index >= 15 is 0 Å². The monoisotopic (exact) mass is 238 g/mol. The molecule has 0 spiro atoms. The molecular formula is C10H18N6O. The lowest BCUT2D eigenvalue weighted by molar-refractivity contribution is -0.122. The predicted molar refractivity (Wildman–Crippen MR) is 60.9 cm³/mol. The molecular weight excluding hydrogens is 220 g/mol. The van der Waals surface area contributed by atoms with Crippen molar-refractivity contribution in [2.24, 2.45) is 5.92 Å². The largest absolute Gasteiger partial charge is 0.346 e. The van der Waals surface area contributed by atoms with Gasteiger partial charge in [-0.3, -0.25) is 4.79 Å². The standard InChI is InChI=1S/C10H18N6O/c1-7(10-13-15-16-14-10)12-9(17)6-8-2-4-11-5-3-8/h7-8,11H,2-6H2,1H3,(H,12,17)(H,13,14,15,16). The summed E-state index contributed by atoms with van der Waals surface area (Å²) >= 11 is 0. The van der Waals surface area contributed by atoms with Crippen LogP contribution < -0.4 is 10.6 Å². The lowest BCUT2D eigenvalue weighted by Crippen LogP contribution is -2.33. The summed E-state index contributed by atoms with van der Waals surface area (Å²) in [6, 6.07) is -0.192. The first-order valence-corrected chi connectivity index (χ1v) is 5.99. The van der Waals surface area contributed by atoms with Crippen LogP contribution in [0.5, 0.6) is 0 Å². The minimum atomic E-state index is -0.192. The minimum absolute atomic E-state index is 0.0641. The third-order valence-electron chi connectivity index (χ3n) is 3.06. The summed E-state index contributed by atoms with van der Waals surface area (Å²) < 4.78 is 0. The Morgan fingerprint density at radius 3 is 2.94 bits per heavy atom. The second-order valence-corrected chi connectivity index (χ2v) is 4.46. The molecule has 1 unspecified atom stereocenters. The maximum Gasteiger partial charge on any atom is 0.220 e. The molecule has 1 saturated heterocycles. The molecule has 0 aromatic carbocycles. The highest BCUT2D eigenvalue weighted by molar-refractivity contribution is 5.76. The first-order chi connectivity index (χ1) is 8.25. The molecule has 1 aromatic rings. The highest BCUT2D eigenvalue weighted by Gasteiger charge is 2.19. The number of hydrogen-bond acceptors (Lipinski definition) is 5. The van der Waals surface area contributed by atoms with Gasteiger partial charge in [-0.05, 0) is 38.8 Å². The van der Waals surface area contributed by atoms with E-state index in [1.165, 1.54) is 0 Å². The topological polar surface area (TPSA) is 95.6 Å². The van der Waals surface area contributed by atoms with E-state index in [4.69, 9.17) is 0 Å². The summed E-state index contributed by atoms with van der Waals surface area (Å²) in [7, 11) is 0. The van der Waals surface area contributed by atoms with Crippen molar-refractivity contribution in [3.05, 3.63) is 5.82 Å². The quantitative estimate of drug-likeness (QED) is 0.673. The molecule has 1 atom stereocenters. The van der Waals surface area contributed by atoms with Crippen LogP contribution in [0.1, 0.15) is 38.1 Å². The van der Waals surface area contributed by atoms with Crippen molar-refractivity contribution in [2.75, 3.05) is 13.1 Å². The van der Waals surface area contributed by atoms with Crippen LogP contribution in [0.3, 0.4) is 0 Å². The number of rotatable bonds is 4. The molecule has 0 saturated carbocycles. The molecule has 1 fully saturated rings. The third kappa shape index (κ3) is 3.48. The summed E-state index contributed by atoms with van der Waals surface area (Å²) in [6.07, 6.45) is 2.73. The number of tetrazole rings is 1. The van der Waals surface area contributed by atoms with Gasteiger partial charge in [0.15, 0.2) is 5.82 Å². The van der Waals surface area contributed by atoms with Crippen LogP contribution in [0, 0.1) is 5.92 Å². The van der Waals surface area contributed by atoms with E-state index in [-0.39, 0.29) is 11.9 Å². The van der Waals surface area contributed by atoms with E-state index in [1.54, 1.807) is 0 Å². The number of amides is 1. The summed E-state index contributed by atoms with van der Waals surface area (Å²) in [5.74, 6) is 1.08. The molecule has 0 aliphatic carbocycles. The van der Waals surface area contributed by atoms with Gasteiger partial charge in [-0.1, -0.05) is 5.21 Å². The number of aromatic nitrogens is 4. The number of carbonyl (C=O) groups is 1. The molecule has 1 aromatic heterocycles. The van der Waals surface area contributed by atoms with Crippen molar-refractivity contribution >= 4 is 5.91 Å². The zero-order valence-electron chi connectivity index (χ0n) is 9.94. The number of nitrogens with one attached hydrogen (secondary N) is 3. The Balaban J connectivity index is 1.76. The van der Waals surface area contributed by atoms with Gasteiger partial charge in [0.1, 0.15) is 0 Å².